The summed E-state index contributed by atoms with van der Waals surface area (Å²) in [6, 6.07) is 17.4. The normalized spacial score (nSPS) is 21.6. The van der Waals surface area contributed by atoms with Gasteiger partial charge >= 0.3 is 0 Å². The molecule has 1 saturated heterocycles. The van der Waals surface area contributed by atoms with Crippen molar-refractivity contribution in [1.82, 2.24) is 4.90 Å². The molecule has 0 radical (unpaired) electrons. The third-order valence-corrected chi connectivity index (χ3v) is 7.31. The van der Waals surface area contributed by atoms with E-state index in [0.717, 1.165) is 25.8 Å². The highest BCUT2D eigenvalue weighted by Crippen LogP contribution is 2.34. The summed E-state index contributed by atoms with van der Waals surface area (Å²) in [4.78, 5) is 2.36. The fraction of sp³-hybridized carbons (Fsp3) is 0.400. The van der Waals surface area contributed by atoms with Crippen LogP contribution < -0.4 is 0 Å². The summed E-state index contributed by atoms with van der Waals surface area (Å²) in [6.07, 6.45) is 1.76. The summed E-state index contributed by atoms with van der Waals surface area (Å²) in [7, 11) is -1.72. The van der Waals surface area contributed by atoms with Crippen molar-refractivity contribution in [1.29, 1.82) is 0 Å². The van der Waals surface area contributed by atoms with E-state index in [2.05, 4.69) is 4.90 Å². The van der Waals surface area contributed by atoms with Crippen LogP contribution in [-0.4, -0.2) is 43.3 Å². The van der Waals surface area contributed by atoms with Crippen molar-refractivity contribution in [2.75, 3.05) is 13.6 Å². The highest BCUT2D eigenvalue weighted by molar-refractivity contribution is 7.92. The van der Waals surface area contributed by atoms with E-state index in [0.29, 0.717) is 5.56 Å². The second kappa shape index (κ2) is 7.68. The van der Waals surface area contributed by atoms with E-state index in [9.17, 15) is 13.5 Å². The molecule has 1 aliphatic heterocycles. The van der Waals surface area contributed by atoms with Gasteiger partial charge in [0, 0.05) is 6.04 Å². The highest BCUT2D eigenvalue weighted by Gasteiger charge is 2.43. The van der Waals surface area contributed by atoms with Crippen molar-refractivity contribution in [3.05, 3.63) is 66.2 Å². The van der Waals surface area contributed by atoms with Crippen molar-refractivity contribution >= 4 is 9.84 Å². The zero-order valence-corrected chi connectivity index (χ0v) is 15.3. The minimum absolute atomic E-state index is 0.200. The third kappa shape index (κ3) is 3.78. The maximum absolute atomic E-state index is 13.4. The number of hydrogen-bond acceptors (Lipinski definition) is 4. The molecule has 1 unspecified atom stereocenters. The first kappa shape index (κ1) is 18.1. The molecule has 0 amide bonds. The average Bonchev–Trinajstić information content (AvgIpc) is 2.65. The summed E-state index contributed by atoms with van der Waals surface area (Å²) in [6.45, 7) is 0.854. The lowest BCUT2D eigenvalue weighted by Gasteiger charge is -2.39. The van der Waals surface area contributed by atoms with Gasteiger partial charge in [-0.25, -0.2) is 8.42 Å². The summed E-state index contributed by atoms with van der Waals surface area (Å²) in [5.74, 6) is 0. The summed E-state index contributed by atoms with van der Waals surface area (Å²) < 4.78 is 26.8. The third-order valence-electron chi connectivity index (χ3n) is 5.09. The Labute approximate surface area is 150 Å². The van der Waals surface area contributed by atoms with Gasteiger partial charge in [-0.3, -0.25) is 0 Å². The van der Waals surface area contributed by atoms with Gasteiger partial charge in [0.25, 0.3) is 0 Å². The second-order valence-electron chi connectivity index (χ2n) is 6.72. The van der Waals surface area contributed by atoms with E-state index >= 15 is 0 Å². The molecule has 1 aliphatic rings. The van der Waals surface area contributed by atoms with Gasteiger partial charge in [-0.1, -0.05) is 55.0 Å². The largest absolute Gasteiger partial charge is 0.387 e. The van der Waals surface area contributed by atoms with Crippen molar-refractivity contribution in [3.8, 4) is 0 Å². The monoisotopic (exact) mass is 359 g/mol. The van der Waals surface area contributed by atoms with E-state index in [1.807, 2.05) is 25.2 Å². The van der Waals surface area contributed by atoms with E-state index in [1.54, 1.807) is 42.5 Å². The Balaban J connectivity index is 2.06. The van der Waals surface area contributed by atoms with Crippen LogP contribution in [0.3, 0.4) is 0 Å². The number of aliphatic hydroxyl groups is 1. The molecule has 0 saturated carbocycles. The van der Waals surface area contributed by atoms with Gasteiger partial charge in [0.2, 0.25) is 0 Å². The van der Waals surface area contributed by atoms with Crippen LogP contribution in [0.4, 0.5) is 0 Å². The number of rotatable bonds is 5. The van der Waals surface area contributed by atoms with Gasteiger partial charge in [0.1, 0.15) is 5.25 Å². The Morgan fingerprint density at radius 3 is 2.20 bits per heavy atom. The van der Waals surface area contributed by atoms with Gasteiger partial charge in [-0.2, -0.15) is 0 Å². The van der Waals surface area contributed by atoms with Crippen LogP contribution >= 0.6 is 0 Å². The smallest absolute Gasteiger partial charge is 0.185 e. The first-order chi connectivity index (χ1) is 12.0. The van der Waals surface area contributed by atoms with Crippen LogP contribution in [0.15, 0.2) is 65.6 Å². The quantitative estimate of drug-likeness (QED) is 0.891. The van der Waals surface area contributed by atoms with Crippen LogP contribution in [0.1, 0.15) is 30.9 Å². The van der Waals surface area contributed by atoms with E-state index in [-0.39, 0.29) is 10.9 Å². The molecule has 3 atom stereocenters. The molecule has 1 heterocycles. The number of hydrogen-bond donors (Lipinski definition) is 1. The lowest BCUT2D eigenvalue weighted by molar-refractivity contribution is 0.0983. The summed E-state index contributed by atoms with van der Waals surface area (Å²) >= 11 is 0. The second-order valence-corrected chi connectivity index (χ2v) is 8.83. The van der Waals surface area contributed by atoms with Gasteiger partial charge in [-0.15, -0.1) is 0 Å². The zero-order chi connectivity index (χ0) is 17.9. The van der Waals surface area contributed by atoms with Gasteiger partial charge < -0.3 is 10.0 Å². The standard InChI is InChI=1S/C20H25NO3S/c1-21-15-9-8-14-18(21)20(19(22)16-10-4-2-5-11-16)25(23,24)17-12-6-3-7-13-17/h2-7,10-13,18-20,22H,8-9,14-15H2,1H3/t18?,19-,20+/m0/s1. The minimum Gasteiger partial charge on any atom is -0.387 e. The number of likely N-dealkylation sites (tertiary alicyclic amines) is 1. The molecule has 0 aromatic heterocycles. The predicted octanol–water partition coefficient (Wildman–Crippen LogP) is 3.05. The molecular formula is C20H25NO3S. The maximum Gasteiger partial charge on any atom is 0.185 e. The van der Waals surface area contributed by atoms with E-state index < -0.39 is 21.2 Å². The molecule has 3 rings (SSSR count). The Kier molecular flexibility index (Phi) is 5.57. The molecule has 0 aliphatic carbocycles. The summed E-state index contributed by atoms with van der Waals surface area (Å²) in [5.41, 5.74) is 0.644. The molecule has 0 bridgehead atoms. The molecule has 1 N–H and O–H groups in total. The number of piperidine rings is 1. The molecule has 134 valence electrons. The van der Waals surface area contributed by atoms with Crippen molar-refractivity contribution in [2.24, 2.45) is 0 Å². The van der Waals surface area contributed by atoms with Gasteiger partial charge in [0.05, 0.1) is 11.0 Å². The van der Waals surface area contributed by atoms with Crippen LogP contribution in [0.5, 0.6) is 0 Å². The lowest BCUT2D eigenvalue weighted by atomic mass is 9.94. The molecule has 5 heteroatoms. The van der Waals surface area contributed by atoms with Crippen LogP contribution in [-0.2, 0) is 9.84 Å². The predicted molar refractivity (Wildman–Crippen MR) is 99.1 cm³/mol. The Morgan fingerprint density at radius 1 is 1.00 bits per heavy atom. The molecular weight excluding hydrogens is 334 g/mol. The molecule has 4 nitrogen and oxygen atoms in total. The first-order valence-corrected chi connectivity index (χ1v) is 10.3. The minimum atomic E-state index is -3.67. The fourth-order valence-corrected chi connectivity index (χ4v) is 5.81. The topological polar surface area (TPSA) is 57.6 Å². The van der Waals surface area contributed by atoms with Gasteiger partial charge in [0.15, 0.2) is 9.84 Å². The number of sulfone groups is 1. The van der Waals surface area contributed by atoms with Crippen molar-refractivity contribution in [2.45, 2.75) is 41.6 Å². The van der Waals surface area contributed by atoms with Gasteiger partial charge in [-0.05, 0) is 44.1 Å². The Morgan fingerprint density at radius 2 is 1.60 bits per heavy atom. The highest BCUT2D eigenvalue weighted by atomic mass is 32.2. The maximum atomic E-state index is 13.4. The van der Waals surface area contributed by atoms with E-state index in [4.69, 9.17) is 0 Å². The number of benzene rings is 2. The van der Waals surface area contributed by atoms with Crippen LogP contribution in [0.25, 0.3) is 0 Å². The first-order valence-electron chi connectivity index (χ1n) is 8.74. The lowest BCUT2D eigenvalue weighted by Crippen LogP contribution is -2.50. The average molecular weight is 359 g/mol. The van der Waals surface area contributed by atoms with Crippen molar-refractivity contribution < 1.29 is 13.5 Å². The van der Waals surface area contributed by atoms with Crippen molar-refractivity contribution in [3.63, 3.8) is 0 Å². The van der Waals surface area contributed by atoms with E-state index in [1.165, 1.54) is 0 Å². The van der Waals surface area contributed by atoms with Crippen LogP contribution in [0, 0.1) is 0 Å². The number of aliphatic hydroxyl groups excluding tert-OH is 1. The Hall–Kier alpha value is -1.69. The SMILES string of the molecule is CN1CCCCC1[C@H]([C@@H](O)c1ccccc1)S(=O)(=O)c1ccccc1. The van der Waals surface area contributed by atoms with Crippen LogP contribution in [0.2, 0.25) is 0 Å². The molecule has 2 aromatic rings. The molecule has 2 aromatic carbocycles. The fourth-order valence-electron chi connectivity index (χ4n) is 3.71. The zero-order valence-electron chi connectivity index (χ0n) is 14.5. The Bertz CT molecular complexity index is 777. The molecule has 25 heavy (non-hydrogen) atoms. The summed E-state index contributed by atoms with van der Waals surface area (Å²) in [5, 5.41) is 10.2. The number of nitrogens with zero attached hydrogens (tertiary/aromatic N) is 1. The molecule has 1 fully saturated rings. The molecule has 0 spiro atoms.